The second-order valence-electron chi connectivity index (χ2n) is 6.54. The van der Waals surface area contributed by atoms with Crippen LogP contribution in [-0.2, 0) is 19.6 Å². The molecule has 18 heavy (non-hydrogen) atoms. The fourth-order valence-electron chi connectivity index (χ4n) is 1.09. The molecule has 0 N–H and O–H groups in total. The van der Waals surface area contributed by atoms with Crippen LogP contribution in [-0.4, -0.2) is 23.9 Å². The van der Waals surface area contributed by atoms with Crippen molar-refractivity contribution in [1.29, 1.82) is 0 Å². The highest BCUT2D eigenvalue weighted by molar-refractivity contribution is 4.59. The van der Waals surface area contributed by atoms with Crippen molar-refractivity contribution in [2.24, 2.45) is 0 Å². The number of rotatable bonds is 8. The average molecular weight is 262 g/mol. The molecule has 4 heteroatoms. The molecule has 1 atom stereocenters. The summed E-state index contributed by atoms with van der Waals surface area (Å²) in [7, 11) is 0. The lowest BCUT2D eigenvalue weighted by Gasteiger charge is -2.24. The first-order chi connectivity index (χ1) is 8.14. The standard InChI is InChI=1S/C14H30O4/c1-8-9-10-12(16-18-14(5,6)7)11-15-17-13(2,3)4/h12H,8-11H2,1-7H3. The van der Waals surface area contributed by atoms with E-state index < -0.39 is 0 Å². The molecule has 1 unspecified atom stereocenters. The molecule has 110 valence electrons. The fraction of sp³-hybridized carbons (Fsp3) is 1.00. The maximum absolute atomic E-state index is 5.42. The fourth-order valence-corrected chi connectivity index (χ4v) is 1.09. The van der Waals surface area contributed by atoms with Crippen molar-refractivity contribution in [3.05, 3.63) is 0 Å². The summed E-state index contributed by atoms with van der Waals surface area (Å²) in [6.07, 6.45) is 3.01. The van der Waals surface area contributed by atoms with Gasteiger partial charge in [-0.25, -0.2) is 19.6 Å². The minimum Gasteiger partial charge on any atom is -0.233 e. The third kappa shape index (κ3) is 12.3. The smallest absolute Gasteiger partial charge is 0.119 e. The van der Waals surface area contributed by atoms with Gasteiger partial charge in [-0.1, -0.05) is 19.8 Å². The Morgan fingerprint density at radius 2 is 1.44 bits per heavy atom. The lowest BCUT2D eigenvalue weighted by molar-refractivity contribution is -0.410. The molecule has 4 nitrogen and oxygen atoms in total. The van der Waals surface area contributed by atoms with Crippen molar-refractivity contribution in [1.82, 2.24) is 0 Å². The minimum atomic E-state index is -0.310. The molecule has 0 aliphatic rings. The molecule has 0 radical (unpaired) electrons. The predicted octanol–water partition coefficient (Wildman–Crippen LogP) is 4.04. The van der Waals surface area contributed by atoms with Gasteiger partial charge in [0.1, 0.15) is 12.7 Å². The molecule has 0 aliphatic heterocycles. The van der Waals surface area contributed by atoms with E-state index in [0.29, 0.717) is 6.61 Å². The summed E-state index contributed by atoms with van der Waals surface area (Å²) in [4.78, 5) is 21.2. The van der Waals surface area contributed by atoms with Crippen molar-refractivity contribution >= 4 is 0 Å². The molecular weight excluding hydrogens is 232 g/mol. The summed E-state index contributed by atoms with van der Waals surface area (Å²) in [5, 5.41) is 0. The van der Waals surface area contributed by atoms with Gasteiger partial charge < -0.3 is 0 Å². The van der Waals surface area contributed by atoms with Gasteiger partial charge in [0.15, 0.2) is 0 Å². The summed E-state index contributed by atoms with van der Waals surface area (Å²) in [5.41, 5.74) is -0.616. The van der Waals surface area contributed by atoms with Crippen LogP contribution in [0.4, 0.5) is 0 Å². The molecule has 0 amide bonds. The molecule has 0 aromatic heterocycles. The van der Waals surface area contributed by atoms with Crippen molar-refractivity contribution in [3.8, 4) is 0 Å². The molecule has 0 bridgehead atoms. The average Bonchev–Trinajstić information content (AvgIpc) is 2.18. The van der Waals surface area contributed by atoms with E-state index in [9.17, 15) is 0 Å². The van der Waals surface area contributed by atoms with Gasteiger partial charge in [0.2, 0.25) is 0 Å². The molecule has 0 fully saturated rings. The van der Waals surface area contributed by atoms with E-state index in [-0.39, 0.29) is 17.3 Å². The molecular formula is C14H30O4. The van der Waals surface area contributed by atoms with Crippen LogP contribution in [0.5, 0.6) is 0 Å². The van der Waals surface area contributed by atoms with Crippen LogP contribution in [0.25, 0.3) is 0 Å². The highest BCUT2D eigenvalue weighted by Gasteiger charge is 2.19. The van der Waals surface area contributed by atoms with Crippen molar-refractivity contribution in [2.45, 2.75) is 85.0 Å². The quantitative estimate of drug-likeness (QED) is 0.488. The summed E-state index contributed by atoms with van der Waals surface area (Å²) < 4.78 is 0. The molecule has 0 heterocycles. The molecule has 0 saturated heterocycles. The van der Waals surface area contributed by atoms with Gasteiger partial charge >= 0.3 is 0 Å². The van der Waals surface area contributed by atoms with E-state index >= 15 is 0 Å². The Balaban J connectivity index is 3.99. The predicted molar refractivity (Wildman–Crippen MR) is 72.0 cm³/mol. The first-order valence-electron chi connectivity index (χ1n) is 6.79. The van der Waals surface area contributed by atoms with Crippen LogP contribution in [0.1, 0.15) is 67.7 Å². The second kappa shape index (κ2) is 8.10. The third-order valence-corrected chi connectivity index (χ3v) is 1.88. The molecule has 0 spiro atoms. The van der Waals surface area contributed by atoms with Crippen LogP contribution in [0.3, 0.4) is 0 Å². The minimum absolute atomic E-state index is 0.0912. The third-order valence-electron chi connectivity index (χ3n) is 1.88. The summed E-state index contributed by atoms with van der Waals surface area (Å²) in [6, 6.07) is 0. The Bertz CT molecular complexity index is 203. The van der Waals surface area contributed by atoms with Gasteiger partial charge in [0.05, 0.1) is 11.2 Å². The highest BCUT2D eigenvalue weighted by atomic mass is 17.2. The van der Waals surface area contributed by atoms with Gasteiger partial charge in [-0.3, -0.25) is 0 Å². The normalized spacial score (nSPS) is 14.8. The van der Waals surface area contributed by atoms with E-state index in [1.807, 2.05) is 41.5 Å². The second-order valence-corrected chi connectivity index (χ2v) is 6.54. The number of hydrogen-bond acceptors (Lipinski definition) is 4. The zero-order valence-electron chi connectivity index (χ0n) is 13.0. The van der Waals surface area contributed by atoms with E-state index in [4.69, 9.17) is 19.6 Å². The zero-order valence-corrected chi connectivity index (χ0v) is 13.0. The maximum Gasteiger partial charge on any atom is 0.119 e. The lowest BCUT2D eigenvalue weighted by atomic mass is 10.2. The number of hydrogen-bond donors (Lipinski definition) is 0. The van der Waals surface area contributed by atoms with Gasteiger partial charge in [-0.15, -0.1) is 0 Å². The van der Waals surface area contributed by atoms with Crippen LogP contribution in [0, 0.1) is 0 Å². The lowest BCUT2D eigenvalue weighted by Crippen LogP contribution is -2.29. The molecule has 0 aliphatic carbocycles. The topological polar surface area (TPSA) is 36.9 Å². The summed E-state index contributed by atoms with van der Waals surface area (Å²) in [5.74, 6) is 0. The Morgan fingerprint density at radius 1 is 0.889 bits per heavy atom. The Kier molecular flexibility index (Phi) is 8.03. The van der Waals surface area contributed by atoms with E-state index in [0.717, 1.165) is 19.3 Å². The largest absolute Gasteiger partial charge is 0.233 e. The molecule has 0 aromatic carbocycles. The van der Waals surface area contributed by atoms with E-state index in [2.05, 4.69) is 6.92 Å². The molecule has 0 rings (SSSR count). The summed E-state index contributed by atoms with van der Waals surface area (Å²) >= 11 is 0. The van der Waals surface area contributed by atoms with E-state index in [1.165, 1.54) is 0 Å². The van der Waals surface area contributed by atoms with Crippen LogP contribution in [0.15, 0.2) is 0 Å². The molecule has 0 saturated carbocycles. The van der Waals surface area contributed by atoms with Crippen molar-refractivity contribution in [3.63, 3.8) is 0 Å². The Morgan fingerprint density at radius 3 is 1.89 bits per heavy atom. The van der Waals surface area contributed by atoms with Crippen LogP contribution >= 0.6 is 0 Å². The first kappa shape index (κ1) is 17.8. The van der Waals surface area contributed by atoms with Crippen LogP contribution < -0.4 is 0 Å². The van der Waals surface area contributed by atoms with Gasteiger partial charge in [0, 0.05) is 0 Å². The summed E-state index contributed by atoms with van der Waals surface area (Å²) in [6.45, 7) is 14.2. The SMILES string of the molecule is CCCCC(COOC(C)(C)C)OOC(C)(C)C. The zero-order chi connectivity index (χ0) is 14.2. The van der Waals surface area contributed by atoms with Gasteiger partial charge in [-0.05, 0) is 48.0 Å². The van der Waals surface area contributed by atoms with E-state index in [1.54, 1.807) is 0 Å². The van der Waals surface area contributed by atoms with Crippen LogP contribution in [0.2, 0.25) is 0 Å². The highest BCUT2D eigenvalue weighted by Crippen LogP contribution is 2.14. The monoisotopic (exact) mass is 262 g/mol. The molecule has 0 aromatic rings. The van der Waals surface area contributed by atoms with Gasteiger partial charge in [0.25, 0.3) is 0 Å². The number of unbranched alkanes of at least 4 members (excludes halogenated alkanes) is 1. The van der Waals surface area contributed by atoms with Crippen molar-refractivity contribution < 1.29 is 19.6 Å². The first-order valence-corrected chi connectivity index (χ1v) is 6.79. The maximum atomic E-state index is 5.42. The Labute approximate surface area is 112 Å². The van der Waals surface area contributed by atoms with Crippen molar-refractivity contribution in [2.75, 3.05) is 6.61 Å². The van der Waals surface area contributed by atoms with Gasteiger partial charge in [-0.2, -0.15) is 0 Å². The Hall–Kier alpha value is -0.160.